The molecule has 0 fully saturated rings. The molecule has 4 rings (SSSR count). The predicted molar refractivity (Wildman–Crippen MR) is 115 cm³/mol. The van der Waals surface area contributed by atoms with Crippen molar-refractivity contribution in [2.75, 3.05) is 5.75 Å². The van der Waals surface area contributed by atoms with Gasteiger partial charge in [-0.25, -0.2) is 8.42 Å². The highest BCUT2D eigenvalue weighted by Crippen LogP contribution is 2.33. The molecule has 4 aromatic rings. The standard InChI is InChI=1S/C22H18F3N3O4S/c1-4-33(30,31)19-7-13(16-10-27-28(3)12(16)2)9-26-20(19)17-11-32-18-8-14(22(23,24)25)5-6-15(18)21(17)29/h5-11H,4H2,1-3H3. The minimum absolute atomic E-state index is 0.116. The lowest BCUT2D eigenvalue weighted by Gasteiger charge is -2.12. The van der Waals surface area contributed by atoms with Gasteiger partial charge in [-0.2, -0.15) is 18.3 Å². The summed E-state index contributed by atoms with van der Waals surface area (Å²) in [5.74, 6) is -0.245. The van der Waals surface area contributed by atoms with Crippen LogP contribution in [-0.4, -0.2) is 28.9 Å². The van der Waals surface area contributed by atoms with Crippen LogP contribution in [0, 0.1) is 6.92 Å². The Kier molecular flexibility index (Phi) is 5.39. The van der Waals surface area contributed by atoms with Crippen molar-refractivity contribution in [1.29, 1.82) is 0 Å². The number of alkyl halides is 3. The van der Waals surface area contributed by atoms with Crippen LogP contribution in [0.1, 0.15) is 18.2 Å². The molecule has 172 valence electrons. The first-order valence-corrected chi connectivity index (χ1v) is 11.4. The molecular formula is C22H18F3N3O4S. The lowest BCUT2D eigenvalue weighted by Crippen LogP contribution is -2.12. The molecule has 0 N–H and O–H groups in total. The highest BCUT2D eigenvalue weighted by Gasteiger charge is 2.31. The van der Waals surface area contributed by atoms with Crippen molar-refractivity contribution < 1.29 is 26.0 Å². The maximum Gasteiger partial charge on any atom is 0.416 e. The first kappa shape index (κ1) is 22.7. The van der Waals surface area contributed by atoms with Crippen LogP contribution < -0.4 is 5.43 Å². The molecule has 0 saturated carbocycles. The highest BCUT2D eigenvalue weighted by molar-refractivity contribution is 7.91. The summed E-state index contributed by atoms with van der Waals surface area (Å²) in [6, 6.07) is 3.93. The number of aryl methyl sites for hydroxylation is 1. The molecule has 7 nitrogen and oxygen atoms in total. The Balaban J connectivity index is 1.95. The number of fused-ring (bicyclic) bond motifs is 1. The Morgan fingerprint density at radius 3 is 2.45 bits per heavy atom. The average molecular weight is 477 g/mol. The Hall–Kier alpha value is -3.47. The number of hydrogen-bond donors (Lipinski definition) is 0. The number of nitrogens with zero attached hydrogens (tertiary/aromatic N) is 3. The number of aromatic nitrogens is 3. The van der Waals surface area contributed by atoms with Gasteiger partial charge < -0.3 is 4.42 Å². The first-order chi connectivity index (χ1) is 15.4. The van der Waals surface area contributed by atoms with Crippen molar-refractivity contribution in [2.45, 2.75) is 24.9 Å². The van der Waals surface area contributed by atoms with Gasteiger partial charge in [-0.05, 0) is 31.2 Å². The monoisotopic (exact) mass is 477 g/mol. The zero-order valence-electron chi connectivity index (χ0n) is 17.8. The smallest absolute Gasteiger partial charge is 0.416 e. The van der Waals surface area contributed by atoms with E-state index < -0.39 is 27.0 Å². The van der Waals surface area contributed by atoms with E-state index in [0.29, 0.717) is 11.1 Å². The van der Waals surface area contributed by atoms with Crippen LogP contribution >= 0.6 is 0 Å². The summed E-state index contributed by atoms with van der Waals surface area (Å²) in [6.07, 6.45) is -0.659. The normalized spacial score (nSPS) is 12.4. The van der Waals surface area contributed by atoms with Gasteiger partial charge in [0.2, 0.25) is 5.43 Å². The summed E-state index contributed by atoms with van der Waals surface area (Å²) in [4.78, 5) is 17.2. The summed E-state index contributed by atoms with van der Waals surface area (Å²) in [6.45, 7) is 3.28. The number of rotatable bonds is 4. The van der Waals surface area contributed by atoms with E-state index in [1.165, 1.54) is 19.2 Å². The van der Waals surface area contributed by atoms with Gasteiger partial charge >= 0.3 is 6.18 Å². The summed E-state index contributed by atoms with van der Waals surface area (Å²) in [7, 11) is -2.08. The van der Waals surface area contributed by atoms with E-state index >= 15 is 0 Å². The number of benzene rings is 1. The van der Waals surface area contributed by atoms with Gasteiger partial charge in [0.1, 0.15) is 11.8 Å². The molecule has 3 heterocycles. The van der Waals surface area contributed by atoms with Gasteiger partial charge in [-0.15, -0.1) is 0 Å². The van der Waals surface area contributed by atoms with Crippen LogP contribution in [0.25, 0.3) is 33.4 Å². The minimum atomic E-state index is -4.60. The van der Waals surface area contributed by atoms with Gasteiger partial charge in [0.15, 0.2) is 9.84 Å². The minimum Gasteiger partial charge on any atom is -0.463 e. The Labute approximate surface area is 186 Å². The summed E-state index contributed by atoms with van der Waals surface area (Å²) in [5, 5.41) is 4.04. The van der Waals surface area contributed by atoms with E-state index in [2.05, 4.69) is 10.1 Å². The molecule has 0 aliphatic rings. The van der Waals surface area contributed by atoms with Crippen LogP contribution in [0.3, 0.4) is 0 Å². The largest absolute Gasteiger partial charge is 0.463 e. The molecule has 0 bridgehead atoms. The molecule has 0 aliphatic carbocycles. The van der Waals surface area contributed by atoms with E-state index in [1.54, 1.807) is 17.9 Å². The van der Waals surface area contributed by atoms with Crippen molar-refractivity contribution in [3.63, 3.8) is 0 Å². The van der Waals surface area contributed by atoms with Gasteiger partial charge in [0.25, 0.3) is 0 Å². The molecule has 1 aromatic carbocycles. The summed E-state index contributed by atoms with van der Waals surface area (Å²) < 4.78 is 71.7. The molecule has 0 amide bonds. The quantitative estimate of drug-likeness (QED) is 0.433. The van der Waals surface area contributed by atoms with Gasteiger partial charge in [-0.1, -0.05) is 6.92 Å². The van der Waals surface area contributed by atoms with E-state index in [4.69, 9.17) is 4.42 Å². The third-order valence-corrected chi connectivity index (χ3v) is 7.21. The molecule has 11 heteroatoms. The Bertz CT molecular complexity index is 1550. The molecule has 33 heavy (non-hydrogen) atoms. The second kappa shape index (κ2) is 7.84. The fraction of sp³-hybridized carbons (Fsp3) is 0.227. The SMILES string of the molecule is CCS(=O)(=O)c1cc(-c2cnn(C)c2C)cnc1-c1coc2cc(C(F)(F)F)ccc2c1=O. The van der Waals surface area contributed by atoms with Gasteiger partial charge in [-0.3, -0.25) is 14.5 Å². The molecular weight excluding hydrogens is 459 g/mol. The zero-order chi connectivity index (χ0) is 24.1. The first-order valence-electron chi connectivity index (χ1n) is 9.79. The fourth-order valence-electron chi connectivity index (χ4n) is 3.44. The lowest BCUT2D eigenvalue weighted by molar-refractivity contribution is -0.137. The topological polar surface area (TPSA) is 95.1 Å². The Morgan fingerprint density at radius 1 is 1.12 bits per heavy atom. The second-order valence-electron chi connectivity index (χ2n) is 7.43. The summed E-state index contributed by atoms with van der Waals surface area (Å²) in [5.41, 5.74) is -0.242. The van der Waals surface area contributed by atoms with Crippen molar-refractivity contribution in [3.8, 4) is 22.4 Å². The number of hydrogen-bond acceptors (Lipinski definition) is 6. The predicted octanol–water partition coefficient (Wildman–Crippen LogP) is 4.38. The molecule has 0 saturated heterocycles. The van der Waals surface area contributed by atoms with E-state index in [1.807, 2.05) is 6.92 Å². The van der Waals surface area contributed by atoms with Gasteiger partial charge in [0, 0.05) is 30.1 Å². The van der Waals surface area contributed by atoms with E-state index in [-0.39, 0.29) is 32.9 Å². The van der Waals surface area contributed by atoms with Crippen molar-refractivity contribution in [1.82, 2.24) is 14.8 Å². The number of pyridine rings is 1. The molecule has 0 spiro atoms. The molecule has 3 aromatic heterocycles. The van der Waals surface area contributed by atoms with Crippen molar-refractivity contribution >= 4 is 20.8 Å². The molecule has 0 unspecified atom stereocenters. The summed E-state index contributed by atoms with van der Waals surface area (Å²) >= 11 is 0. The van der Waals surface area contributed by atoms with Crippen molar-refractivity contribution in [3.05, 3.63) is 64.4 Å². The van der Waals surface area contributed by atoms with Crippen LogP contribution in [0.5, 0.6) is 0 Å². The number of halogens is 3. The molecule has 0 aliphatic heterocycles. The molecule has 0 atom stereocenters. The third-order valence-electron chi connectivity index (χ3n) is 5.47. The fourth-order valence-corrected chi connectivity index (χ4v) is 4.51. The molecule has 0 radical (unpaired) electrons. The number of sulfone groups is 1. The van der Waals surface area contributed by atoms with E-state index in [0.717, 1.165) is 30.2 Å². The zero-order valence-corrected chi connectivity index (χ0v) is 18.6. The maximum absolute atomic E-state index is 13.1. The average Bonchev–Trinajstić information content (AvgIpc) is 3.11. The third kappa shape index (κ3) is 3.92. The van der Waals surface area contributed by atoms with E-state index in [9.17, 15) is 26.4 Å². The van der Waals surface area contributed by atoms with Crippen LogP contribution in [0.2, 0.25) is 0 Å². The maximum atomic E-state index is 13.1. The van der Waals surface area contributed by atoms with Crippen molar-refractivity contribution in [2.24, 2.45) is 7.05 Å². The van der Waals surface area contributed by atoms with Crippen LogP contribution in [0.15, 0.2) is 57.0 Å². The highest BCUT2D eigenvalue weighted by atomic mass is 32.2. The Morgan fingerprint density at radius 2 is 1.85 bits per heavy atom. The second-order valence-corrected chi connectivity index (χ2v) is 9.68. The van der Waals surface area contributed by atoms with Crippen LogP contribution in [-0.2, 0) is 23.1 Å². The van der Waals surface area contributed by atoms with Crippen LogP contribution in [0.4, 0.5) is 13.2 Å². The lowest BCUT2D eigenvalue weighted by atomic mass is 10.1. The van der Waals surface area contributed by atoms with Gasteiger partial charge in [0.05, 0.1) is 39.1 Å².